The molecule has 0 radical (unpaired) electrons. The van der Waals surface area contributed by atoms with Crippen LogP contribution in [0.3, 0.4) is 0 Å². The molecule has 21 heavy (non-hydrogen) atoms. The van der Waals surface area contributed by atoms with Crippen LogP contribution < -0.4 is 0 Å². The minimum Gasteiger partial charge on any atom is -0.348 e. The molecule has 1 aliphatic heterocycles. The Bertz CT molecular complexity index is 667. The van der Waals surface area contributed by atoms with Gasteiger partial charge in [-0.2, -0.15) is 0 Å². The Labute approximate surface area is 125 Å². The van der Waals surface area contributed by atoms with E-state index in [0.29, 0.717) is 5.91 Å². The molecule has 108 valence electrons. The molecule has 3 heteroatoms. The first-order chi connectivity index (χ1) is 10.2. The highest BCUT2D eigenvalue weighted by atomic mass is 16.2. The molecule has 0 spiro atoms. The summed E-state index contributed by atoms with van der Waals surface area (Å²) in [6.07, 6.45) is 4.25. The largest absolute Gasteiger partial charge is 0.348 e. The molecule has 1 atom stereocenters. The second kappa shape index (κ2) is 4.76. The molecule has 1 saturated carbocycles. The molecule has 3 nitrogen and oxygen atoms in total. The number of aryl methyl sites for hydroxylation is 1. The van der Waals surface area contributed by atoms with Gasteiger partial charge in [0.05, 0.1) is 6.04 Å². The van der Waals surface area contributed by atoms with Gasteiger partial charge in [0.25, 0.3) is 0 Å². The van der Waals surface area contributed by atoms with E-state index in [0.717, 1.165) is 25.9 Å². The van der Waals surface area contributed by atoms with Crippen LogP contribution in [0.5, 0.6) is 0 Å². The van der Waals surface area contributed by atoms with Gasteiger partial charge >= 0.3 is 0 Å². The van der Waals surface area contributed by atoms with E-state index < -0.39 is 0 Å². The molecule has 2 heterocycles. The zero-order chi connectivity index (χ0) is 14.4. The number of rotatable bonds is 2. The number of amides is 1. The van der Waals surface area contributed by atoms with Crippen LogP contribution in [0.4, 0.5) is 0 Å². The van der Waals surface area contributed by atoms with Crippen molar-refractivity contribution in [3.8, 4) is 0 Å². The van der Waals surface area contributed by atoms with Gasteiger partial charge in [-0.1, -0.05) is 29.8 Å². The van der Waals surface area contributed by atoms with Crippen molar-refractivity contribution in [2.45, 2.75) is 32.4 Å². The number of fused-ring (bicyclic) bond motifs is 1. The lowest BCUT2D eigenvalue weighted by molar-refractivity contribution is -0.135. The molecular formula is C18H20N2O. The number of carbonyl (C=O) groups excluding carboxylic acids is 1. The fourth-order valence-corrected chi connectivity index (χ4v) is 3.29. The fourth-order valence-electron chi connectivity index (χ4n) is 3.29. The van der Waals surface area contributed by atoms with E-state index in [1.54, 1.807) is 0 Å². The summed E-state index contributed by atoms with van der Waals surface area (Å²) < 4.78 is 2.28. The zero-order valence-corrected chi connectivity index (χ0v) is 12.3. The van der Waals surface area contributed by atoms with Crippen LogP contribution >= 0.6 is 0 Å². The van der Waals surface area contributed by atoms with Crippen molar-refractivity contribution in [1.29, 1.82) is 0 Å². The van der Waals surface area contributed by atoms with Gasteiger partial charge in [0.15, 0.2) is 0 Å². The molecule has 0 N–H and O–H groups in total. The van der Waals surface area contributed by atoms with E-state index in [1.807, 2.05) is 0 Å². The van der Waals surface area contributed by atoms with Crippen molar-refractivity contribution in [1.82, 2.24) is 9.47 Å². The second-order valence-corrected chi connectivity index (χ2v) is 6.25. The summed E-state index contributed by atoms with van der Waals surface area (Å²) in [7, 11) is 0. The summed E-state index contributed by atoms with van der Waals surface area (Å²) in [6.45, 7) is 3.82. The first-order valence-corrected chi connectivity index (χ1v) is 7.76. The predicted molar refractivity (Wildman–Crippen MR) is 81.9 cm³/mol. The lowest BCUT2D eigenvalue weighted by atomic mass is 9.98. The van der Waals surface area contributed by atoms with Crippen LogP contribution in [0.25, 0.3) is 0 Å². The van der Waals surface area contributed by atoms with Crippen LogP contribution in [-0.2, 0) is 11.3 Å². The molecule has 0 saturated heterocycles. The third-order valence-corrected chi connectivity index (χ3v) is 4.64. The minimum absolute atomic E-state index is 0.0717. The third-order valence-electron chi connectivity index (χ3n) is 4.64. The maximum atomic E-state index is 12.7. The van der Waals surface area contributed by atoms with Crippen molar-refractivity contribution in [2.24, 2.45) is 5.92 Å². The van der Waals surface area contributed by atoms with E-state index in [9.17, 15) is 4.79 Å². The van der Waals surface area contributed by atoms with Gasteiger partial charge in [-0.05, 0) is 37.5 Å². The normalized spacial score (nSPS) is 21.2. The Balaban J connectivity index is 1.77. The molecule has 0 bridgehead atoms. The van der Waals surface area contributed by atoms with Gasteiger partial charge in [0.2, 0.25) is 5.91 Å². The number of benzene rings is 1. The highest BCUT2D eigenvalue weighted by Crippen LogP contribution is 2.38. The molecule has 1 aromatic carbocycles. The molecular weight excluding hydrogens is 260 g/mol. The summed E-state index contributed by atoms with van der Waals surface area (Å²) in [5.41, 5.74) is 3.71. The van der Waals surface area contributed by atoms with Gasteiger partial charge in [-0.25, -0.2) is 0 Å². The van der Waals surface area contributed by atoms with E-state index in [1.165, 1.54) is 16.8 Å². The minimum atomic E-state index is 0.0717. The SMILES string of the molecule is Cc1ccc(C2c3cccn3CCN2C(=O)C2CC2)cc1. The molecule has 1 amide bonds. The van der Waals surface area contributed by atoms with Crippen molar-refractivity contribution in [2.75, 3.05) is 6.54 Å². The van der Waals surface area contributed by atoms with Crippen LogP contribution in [0, 0.1) is 12.8 Å². The first-order valence-electron chi connectivity index (χ1n) is 7.76. The van der Waals surface area contributed by atoms with Crippen LogP contribution in [0.15, 0.2) is 42.6 Å². The predicted octanol–water partition coefficient (Wildman–Crippen LogP) is 3.14. The van der Waals surface area contributed by atoms with Gasteiger partial charge < -0.3 is 9.47 Å². The number of nitrogens with zero attached hydrogens (tertiary/aromatic N) is 2. The summed E-state index contributed by atoms with van der Waals surface area (Å²) >= 11 is 0. The lowest BCUT2D eigenvalue weighted by Crippen LogP contribution is -2.43. The van der Waals surface area contributed by atoms with Crippen molar-refractivity contribution < 1.29 is 4.79 Å². The fraction of sp³-hybridized carbons (Fsp3) is 0.389. The van der Waals surface area contributed by atoms with Crippen LogP contribution in [0.2, 0.25) is 0 Å². The Morgan fingerprint density at radius 2 is 1.86 bits per heavy atom. The first kappa shape index (κ1) is 12.7. The summed E-state index contributed by atoms with van der Waals surface area (Å²) in [5, 5.41) is 0. The molecule has 2 aromatic rings. The van der Waals surface area contributed by atoms with E-state index >= 15 is 0 Å². The summed E-state index contributed by atoms with van der Waals surface area (Å²) in [4.78, 5) is 14.8. The van der Waals surface area contributed by atoms with Gasteiger partial charge in [0, 0.05) is 30.9 Å². The second-order valence-electron chi connectivity index (χ2n) is 6.25. The zero-order valence-electron chi connectivity index (χ0n) is 12.3. The average molecular weight is 280 g/mol. The van der Waals surface area contributed by atoms with E-state index in [4.69, 9.17) is 0 Å². The maximum Gasteiger partial charge on any atom is 0.226 e. The molecule has 1 aromatic heterocycles. The molecule has 1 fully saturated rings. The maximum absolute atomic E-state index is 12.7. The van der Waals surface area contributed by atoms with Crippen molar-refractivity contribution in [3.05, 3.63) is 59.4 Å². The Hall–Kier alpha value is -2.03. The van der Waals surface area contributed by atoms with Crippen molar-refractivity contribution >= 4 is 5.91 Å². The Morgan fingerprint density at radius 3 is 2.57 bits per heavy atom. The standard InChI is InChI=1S/C18H20N2O/c1-13-4-6-14(7-5-13)17-16-3-2-10-19(16)11-12-20(17)18(21)15-8-9-15/h2-7,10,15,17H,8-9,11-12H2,1H3. The van der Waals surface area contributed by atoms with Gasteiger partial charge in [0.1, 0.15) is 0 Å². The number of hydrogen-bond donors (Lipinski definition) is 0. The molecule has 1 unspecified atom stereocenters. The lowest BCUT2D eigenvalue weighted by Gasteiger charge is -2.37. The monoisotopic (exact) mass is 280 g/mol. The molecule has 1 aliphatic carbocycles. The Kier molecular flexibility index (Phi) is 2.88. The van der Waals surface area contributed by atoms with E-state index in [-0.39, 0.29) is 12.0 Å². The van der Waals surface area contributed by atoms with Crippen LogP contribution in [0.1, 0.15) is 35.7 Å². The average Bonchev–Trinajstić information content (AvgIpc) is 3.24. The Morgan fingerprint density at radius 1 is 1.10 bits per heavy atom. The van der Waals surface area contributed by atoms with Crippen molar-refractivity contribution in [3.63, 3.8) is 0 Å². The third kappa shape index (κ3) is 2.17. The quantitative estimate of drug-likeness (QED) is 0.829. The number of hydrogen-bond acceptors (Lipinski definition) is 1. The summed E-state index contributed by atoms with van der Waals surface area (Å²) in [5.74, 6) is 0.618. The van der Waals surface area contributed by atoms with Gasteiger partial charge in [-0.3, -0.25) is 4.79 Å². The highest BCUT2D eigenvalue weighted by Gasteiger charge is 2.39. The van der Waals surface area contributed by atoms with Gasteiger partial charge in [-0.15, -0.1) is 0 Å². The summed E-state index contributed by atoms with van der Waals surface area (Å²) in [6, 6.07) is 12.9. The number of aromatic nitrogens is 1. The smallest absolute Gasteiger partial charge is 0.226 e. The highest BCUT2D eigenvalue weighted by molar-refractivity contribution is 5.82. The molecule has 4 rings (SSSR count). The van der Waals surface area contributed by atoms with E-state index in [2.05, 4.69) is 59.0 Å². The molecule has 2 aliphatic rings. The van der Waals surface area contributed by atoms with Crippen LogP contribution in [-0.4, -0.2) is 21.9 Å². The number of carbonyl (C=O) groups is 1. The topological polar surface area (TPSA) is 25.2 Å².